The van der Waals surface area contributed by atoms with Gasteiger partial charge in [0.1, 0.15) is 0 Å². The molecule has 1 aromatic rings. The summed E-state index contributed by atoms with van der Waals surface area (Å²) in [5, 5.41) is 4.97. The van der Waals surface area contributed by atoms with Crippen LogP contribution in [0.15, 0.2) is 22.1 Å². The Morgan fingerprint density at radius 3 is 2.55 bits per heavy atom. The van der Waals surface area contributed by atoms with E-state index in [2.05, 4.69) is 5.10 Å². The number of hydrazone groups is 1. The first-order valence-electron chi connectivity index (χ1n) is 5.60. The first-order valence-corrected chi connectivity index (χ1v) is 7.79. The molecule has 1 aliphatic heterocycles. The summed E-state index contributed by atoms with van der Waals surface area (Å²) in [6.07, 6.45) is 0.728. The monoisotopic (exact) mass is 336 g/mol. The molecule has 0 aliphatic carbocycles. The fourth-order valence-electron chi connectivity index (χ4n) is 1.72. The minimum atomic E-state index is -4.46. The molecule has 0 aromatic heterocycles. The summed E-state index contributed by atoms with van der Waals surface area (Å²) in [5.74, 6) is -0.340. The van der Waals surface area contributed by atoms with Gasteiger partial charge < -0.3 is 0 Å². The Kier molecular flexibility index (Phi) is 4.06. The van der Waals surface area contributed by atoms with Crippen molar-refractivity contribution < 1.29 is 17.8 Å². The third-order valence-electron chi connectivity index (χ3n) is 2.75. The normalized spacial score (nSPS) is 15.7. The molecular formula is C11H10Cl2N2O4S. The van der Waals surface area contributed by atoms with Gasteiger partial charge in [-0.3, -0.25) is 9.35 Å². The lowest BCUT2D eigenvalue weighted by atomic mass is 10.2. The second-order valence-electron chi connectivity index (χ2n) is 4.12. The lowest BCUT2D eigenvalue weighted by molar-refractivity contribution is -0.116. The number of anilines is 1. The maximum absolute atomic E-state index is 11.9. The zero-order chi connectivity index (χ0) is 15.1. The van der Waals surface area contributed by atoms with E-state index in [1.165, 1.54) is 0 Å². The third kappa shape index (κ3) is 2.80. The molecule has 20 heavy (non-hydrogen) atoms. The van der Waals surface area contributed by atoms with Gasteiger partial charge in [-0.05, 0) is 18.6 Å². The molecule has 1 N–H and O–H groups in total. The van der Waals surface area contributed by atoms with E-state index in [9.17, 15) is 13.2 Å². The van der Waals surface area contributed by atoms with E-state index in [-0.39, 0.29) is 28.1 Å². The quantitative estimate of drug-likeness (QED) is 0.859. The molecule has 1 amide bonds. The van der Waals surface area contributed by atoms with Crippen LogP contribution in [0.4, 0.5) is 5.69 Å². The fraction of sp³-hybridized carbons (Fsp3) is 0.273. The standard InChI is InChI=1S/C11H10Cl2N2O4S/c1-2-6-3-10(16)15(14-6)9-5-7(20(17,18)19)4-8(12)11(9)13/h4-5H,2-3H2,1H3,(H,17,18,19). The zero-order valence-electron chi connectivity index (χ0n) is 10.3. The van der Waals surface area contributed by atoms with Gasteiger partial charge in [0.05, 0.1) is 27.0 Å². The number of amides is 1. The van der Waals surface area contributed by atoms with E-state index < -0.39 is 15.0 Å². The van der Waals surface area contributed by atoms with Crippen LogP contribution < -0.4 is 5.01 Å². The van der Waals surface area contributed by atoms with Gasteiger partial charge in [-0.25, -0.2) is 0 Å². The molecule has 0 atom stereocenters. The molecule has 0 unspecified atom stereocenters. The predicted molar refractivity (Wildman–Crippen MR) is 76.1 cm³/mol. The largest absolute Gasteiger partial charge is 0.294 e. The molecule has 1 aliphatic rings. The molecular weight excluding hydrogens is 327 g/mol. The Balaban J connectivity index is 2.60. The van der Waals surface area contributed by atoms with Crippen LogP contribution in [0, 0.1) is 0 Å². The summed E-state index contributed by atoms with van der Waals surface area (Å²) in [4.78, 5) is 11.4. The van der Waals surface area contributed by atoms with Gasteiger partial charge in [-0.15, -0.1) is 0 Å². The number of halogens is 2. The van der Waals surface area contributed by atoms with E-state index in [1.54, 1.807) is 0 Å². The molecule has 0 saturated carbocycles. The van der Waals surface area contributed by atoms with E-state index in [0.29, 0.717) is 12.1 Å². The molecule has 6 nitrogen and oxygen atoms in total. The van der Waals surface area contributed by atoms with Gasteiger partial charge in [0.15, 0.2) is 0 Å². The van der Waals surface area contributed by atoms with Gasteiger partial charge in [0.2, 0.25) is 0 Å². The van der Waals surface area contributed by atoms with Gasteiger partial charge in [0, 0.05) is 5.71 Å². The van der Waals surface area contributed by atoms with Crippen LogP contribution in [0.25, 0.3) is 0 Å². The molecule has 0 bridgehead atoms. The van der Waals surface area contributed by atoms with Crippen LogP contribution in [0.2, 0.25) is 10.0 Å². The second-order valence-corrected chi connectivity index (χ2v) is 6.32. The third-order valence-corrected chi connectivity index (χ3v) is 4.37. The number of rotatable bonds is 3. The lowest BCUT2D eigenvalue weighted by Gasteiger charge is -2.15. The highest BCUT2D eigenvalue weighted by Gasteiger charge is 2.28. The molecule has 0 spiro atoms. The van der Waals surface area contributed by atoms with Crippen LogP contribution in [-0.2, 0) is 14.9 Å². The summed E-state index contributed by atoms with van der Waals surface area (Å²) in [7, 11) is -4.46. The van der Waals surface area contributed by atoms with Crippen molar-refractivity contribution in [3.63, 3.8) is 0 Å². The van der Waals surface area contributed by atoms with Crippen LogP contribution in [0.3, 0.4) is 0 Å². The van der Waals surface area contributed by atoms with Crippen molar-refractivity contribution in [3.05, 3.63) is 22.2 Å². The summed E-state index contributed by atoms with van der Waals surface area (Å²) in [6.45, 7) is 1.85. The molecule has 1 heterocycles. The number of nitrogens with zero attached hydrogens (tertiary/aromatic N) is 2. The van der Waals surface area contributed by atoms with E-state index in [1.807, 2.05) is 6.92 Å². The molecule has 0 radical (unpaired) electrons. The first-order chi connectivity index (χ1) is 9.24. The molecule has 0 saturated heterocycles. The maximum atomic E-state index is 11.9. The molecule has 108 valence electrons. The molecule has 1 aromatic carbocycles. The predicted octanol–water partition coefficient (Wildman–Crippen LogP) is 2.74. The first kappa shape index (κ1) is 15.2. The van der Waals surface area contributed by atoms with E-state index in [0.717, 1.165) is 17.1 Å². The van der Waals surface area contributed by atoms with Crippen molar-refractivity contribution in [1.82, 2.24) is 0 Å². The lowest BCUT2D eigenvalue weighted by Crippen LogP contribution is -2.20. The van der Waals surface area contributed by atoms with Gasteiger partial charge in [-0.1, -0.05) is 30.1 Å². The van der Waals surface area contributed by atoms with Gasteiger partial charge >= 0.3 is 0 Å². The fourth-order valence-corrected chi connectivity index (χ4v) is 2.71. The van der Waals surface area contributed by atoms with Crippen LogP contribution in [-0.4, -0.2) is 24.6 Å². The van der Waals surface area contributed by atoms with Crippen molar-refractivity contribution in [3.8, 4) is 0 Å². The molecule has 9 heteroatoms. The van der Waals surface area contributed by atoms with Gasteiger partial charge in [-0.2, -0.15) is 18.5 Å². The highest BCUT2D eigenvalue weighted by atomic mass is 35.5. The number of hydrogen-bond donors (Lipinski definition) is 1. The van der Waals surface area contributed by atoms with E-state index in [4.69, 9.17) is 27.8 Å². The average molecular weight is 337 g/mol. The van der Waals surface area contributed by atoms with Crippen LogP contribution in [0.5, 0.6) is 0 Å². The topological polar surface area (TPSA) is 87.0 Å². The van der Waals surface area contributed by atoms with Crippen molar-refractivity contribution in [1.29, 1.82) is 0 Å². The Hall–Kier alpha value is -1.15. The Morgan fingerprint density at radius 1 is 1.40 bits per heavy atom. The smallest absolute Gasteiger partial charge is 0.282 e. The number of hydrogen-bond acceptors (Lipinski definition) is 4. The van der Waals surface area contributed by atoms with Crippen molar-refractivity contribution >= 4 is 50.6 Å². The van der Waals surface area contributed by atoms with E-state index >= 15 is 0 Å². The van der Waals surface area contributed by atoms with Gasteiger partial charge in [0.25, 0.3) is 16.0 Å². The minimum Gasteiger partial charge on any atom is -0.282 e. The Labute approximate surface area is 125 Å². The molecule has 0 fully saturated rings. The Morgan fingerprint density at radius 2 is 2.05 bits per heavy atom. The highest BCUT2D eigenvalue weighted by Crippen LogP contribution is 2.37. The van der Waals surface area contributed by atoms with Crippen LogP contribution in [0.1, 0.15) is 19.8 Å². The highest BCUT2D eigenvalue weighted by molar-refractivity contribution is 7.85. The summed E-state index contributed by atoms with van der Waals surface area (Å²) < 4.78 is 31.4. The average Bonchev–Trinajstić information content (AvgIpc) is 2.72. The van der Waals surface area contributed by atoms with Crippen molar-refractivity contribution in [2.24, 2.45) is 5.10 Å². The number of benzene rings is 1. The molecule has 2 rings (SSSR count). The summed E-state index contributed by atoms with van der Waals surface area (Å²) >= 11 is 11.8. The second kappa shape index (κ2) is 5.33. The number of carbonyl (C=O) groups is 1. The maximum Gasteiger partial charge on any atom is 0.294 e. The summed E-state index contributed by atoms with van der Waals surface area (Å²) in [5.41, 5.74) is 0.680. The number of carbonyl (C=O) groups excluding carboxylic acids is 1. The Bertz CT molecular complexity index is 715. The van der Waals surface area contributed by atoms with Crippen molar-refractivity contribution in [2.45, 2.75) is 24.7 Å². The van der Waals surface area contributed by atoms with Crippen molar-refractivity contribution in [2.75, 3.05) is 5.01 Å². The summed E-state index contributed by atoms with van der Waals surface area (Å²) in [6, 6.07) is 2.07. The minimum absolute atomic E-state index is 0.00600. The SMILES string of the molecule is CCC1=NN(c2cc(S(=O)(=O)O)cc(Cl)c2Cl)C(=O)C1. The van der Waals surface area contributed by atoms with Crippen LogP contribution >= 0.6 is 23.2 Å². The zero-order valence-corrected chi connectivity index (χ0v) is 12.6.